The first-order valence-electron chi connectivity index (χ1n) is 8.79. The minimum absolute atomic E-state index is 0.101. The molecule has 23 heavy (non-hydrogen) atoms. The highest BCUT2D eigenvalue weighted by molar-refractivity contribution is 5.74. The van der Waals surface area contributed by atoms with Crippen LogP contribution in [0.25, 0.3) is 0 Å². The minimum atomic E-state index is 0.101. The Morgan fingerprint density at radius 2 is 2.13 bits per heavy atom. The van der Waals surface area contributed by atoms with E-state index < -0.39 is 0 Å². The van der Waals surface area contributed by atoms with E-state index in [9.17, 15) is 4.79 Å². The lowest BCUT2D eigenvalue weighted by atomic mass is 10.0. The highest BCUT2D eigenvalue weighted by atomic mass is 16.2. The normalized spacial score (nSPS) is 27.0. The van der Waals surface area contributed by atoms with Crippen LogP contribution in [0.5, 0.6) is 0 Å². The predicted octanol–water partition coefficient (Wildman–Crippen LogP) is 1.61. The molecule has 1 aromatic rings. The number of carbonyl (C=O) groups excluding carboxylic acids is 1. The molecule has 1 atom stereocenters. The molecule has 2 heterocycles. The zero-order chi connectivity index (χ0) is 16.0. The summed E-state index contributed by atoms with van der Waals surface area (Å²) >= 11 is 0. The highest BCUT2D eigenvalue weighted by Gasteiger charge is 2.53. The van der Waals surface area contributed by atoms with Crippen LogP contribution in [0.1, 0.15) is 37.5 Å². The number of piperazine rings is 1. The van der Waals surface area contributed by atoms with Crippen molar-refractivity contribution in [2.45, 2.75) is 31.7 Å². The average molecular weight is 317 g/mol. The second-order valence-corrected chi connectivity index (χ2v) is 7.63. The van der Waals surface area contributed by atoms with Gasteiger partial charge < -0.3 is 14.8 Å². The van der Waals surface area contributed by atoms with Gasteiger partial charge in [0.1, 0.15) is 5.82 Å². The number of urea groups is 1. The third-order valence-corrected chi connectivity index (χ3v) is 6.02. The van der Waals surface area contributed by atoms with E-state index in [-0.39, 0.29) is 12.1 Å². The number of amides is 2. The Hall–Kier alpha value is -1.56. The molecule has 0 aromatic carbocycles. The zero-order valence-electron chi connectivity index (χ0n) is 14.2. The number of hydrogen-bond acceptors (Lipinski definition) is 3. The van der Waals surface area contributed by atoms with Crippen LogP contribution >= 0.6 is 0 Å². The molecular formula is C17H27N5O. The van der Waals surface area contributed by atoms with Crippen LogP contribution in [0, 0.1) is 11.3 Å². The lowest BCUT2D eigenvalue weighted by molar-refractivity contribution is 0.103. The molecule has 4 rings (SSSR count). The van der Waals surface area contributed by atoms with Gasteiger partial charge in [0.25, 0.3) is 0 Å². The first-order chi connectivity index (χ1) is 11.1. The topological polar surface area (TPSA) is 53.4 Å². The smallest absolute Gasteiger partial charge is 0.317 e. The SMILES string of the molecule is CN1CCN(C(=O)NCC2(C3CC3)CC2)C[C@H]1c1nccn1C. The number of rotatable bonds is 4. The van der Waals surface area contributed by atoms with Crippen molar-refractivity contribution >= 4 is 6.03 Å². The largest absolute Gasteiger partial charge is 0.337 e. The molecule has 3 fully saturated rings. The summed E-state index contributed by atoms with van der Waals surface area (Å²) in [6, 6.07) is 0.275. The van der Waals surface area contributed by atoms with Crippen molar-refractivity contribution in [1.82, 2.24) is 24.7 Å². The maximum absolute atomic E-state index is 12.6. The van der Waals surface area contributed by atoms with Gasteiger partial charge in [-0.25, -0.2) is 9.78 Å². The monoisotopic (exact) mass is 317 g/mol. The molecule has 0 unspecified atom stereocenters. The summed E-state index contributed by atoms with van der Waals surface area (Å²) in [5.41, 5.74) is 0.460. The molecule has 0 spiro atoms. The molecule has 0 radical (unpaired) electrons. The lowest BCUT2D eigenvalue weighted by Gasteiger charge is -2.39. The van der Waals surface area contributed by atoms with Crippen LogP contribution in [-0.4, -0.2) is 58.6 Å². The third-order valence-electron chi connectivity index (χ3n) is 6.02. The number of nitrogens with zero attached hydrogens (tertiary/aromatic N) is 4. The van der Waals surface area contributed by atoms with Gasteiger partial charge in [-0.15, -0.1) is 0 Å². The summed E-state index contributed by atoms with van der Waals surface area (Å²) in [5, 5.41) is 3.21. The Kier molecular flexibility index (Phi) is 3.59. The number of aryl methyl sites for hydroxylation is 1. The quantitative estimate of drug-likeness (QED) is 0.918. The third kappa shape index (κ3) is 2.84. The Morgan fingerprint density at radius 1 is 1.35 bits per heavy atom. The van der Waals surface area contributed by atoms with Crippen molar-refractivity contribution in [2.75, 3.05) is 33.2 Å². The van der Waals surface area contributed by atoms with E-state index in [0.29, 0.717) is 12.0 Å². The summed E-state index contributed by atoms with van der Waals surface area (Å²) in [6.45, 7) is 3.26. The molecule has 1 aliphatic heterocycles. The van der Waals surface area contributed by atoms with E-state index in [4.69, 9.17) is 0 Å². The first-order valence-corrected chi connectivity index (χ1v) is 8.79. The van der Waals surface area contributed by atoms with Crippen molar-refractivity contribution in [3.8, 4) is 0 Å². The van der Waals surface area contributed by atoms with Crippen LogP contribution in [0.2, 0.25) is 0 Å². The van der Waals surface area contributed by atoms with Crippen molar-refractivity contribution < 1.29 is 4.79 Å². The van der Waals surface area contributed by atoms with Gasteiger partial charge >= 0.3 is 6.03 Å². The molecule has 2 amide bonds. The predicted molar refractivity (Wildman–Crippen MR) is 87.9 cm³/mol. The van der Waals surface area contributed by atoms with E-state index in [0.717, 1.165) is 31.4 Å². The minimum Gasteiger partial charge on any atom is -0.337 e. The van der Waals surface area contributed by atoms with Crippen LogP contribution < -0.4 is 5.32 Å². The molecule has 1 N–H and O–H groups in total. The van der Waals surface area contributed by atoms with Crippen LogP contribution in [0.15, 0.2) is 12.4 Å². The van der Waals surface area contributed by atoms with E-state index >= 15 is 0 Å². The van der Waals surface area contributed by atoms with Gasteiger partial charge in [0, 0.05) is 45.6 Å². The van der Waals surface area contributed by atoms with Crippen LogP contribution in [-0.2, 0) is 7.05 Å². The summed E-state index contributed by atoms with van der Waals surface area (Å²) in [6.07, 6.45) is 9.13. The Balaban J connectivity index is 1.37. The van der Waals surface area contributed by atoms with Gasteiger partial charge in [-0.3, -0.25) is 4.90 Å². The van der Waals surface area contributed by atoms with Gasteiger partial charge in [0.15, 0.2) is 0 Å². The second kappa shape index (κ2) is 5.51. The van der Waals surface area contributed by atoms with E-state index in [2.05, 4.69) is 26.8 Å². The molecule has 1 aromatic heterocycles. The number of nitrogens with one attached hydrogen (secondary N) is 1. The van der Waals surface area contributed by atoms with E-state index in [1.54, 1.807) is 0 Å². The first kappa shape index (κ1) is 15.0. The maximum Gasteiger partial charge on any atom is 0.317 e. The summed E-state index contributed by atoms with van der Waals surface area (Å²) in [5.74, 6) is 1.91. The molecule has 0 bridgehead atoms. The Labute approximate surface area is 137 Å². The second-order valence-electron chi connectivity index (χ2n) is 7.63. The molecule has 6 nitrogen and oxygen atoms in total. The van der Waals surface area contributed by atoms with Crippen molar-refractivity contribution in [1.29, 1.82) is 0 Å². The average Bonchev–Trinajstić information content (AvgIpc) is 3.44. The van der Waals surface area contributed by atoms with Gasteiger partial charge in [0.05, 0.1) is 6.04 Å². The van der Waals surface area contributed by atoms with Gasteiger partial charge in [-0.2, -0.15) is 0 Å². The van der Waals surface area contributed by atoms with Gasteiger partial charge in [0.2, 0.25) is 0 Å². The summed E-state index contributed by atoms with van der Waals surface area (Å²) in [7, 11) is 4.13. The number of aromatic nitrogens is 2. The highest BCUT2D eigenvalue weighted by Crippen LogP contribution is 2.60. The van der Waals surface area contributed by atoms with Crippen molar-refractivity contribution in [2.24, 2.45) is 18.4 Å². The van der Waals surface area contributed by atoms with E-state index in [1.807, 2.05) is 24.3 Å². The Bertz CT molecular complexity index is 590. The van der Waals surface area contributed by atoms with Gasteiger partial charge in [-0.1, -0.05) is 0 Å². The molecule has 1 saturated heterocycles. The zero-order valence-corrected chi connectivity index (χ0v) is 14.2. The molecule has 2 saturated carbocycles. The van der Waals surface area contributed by atoms with Crippen LogP contribution in [0.4, 0.5) is 4.79 Å². The molecule has 3 aliphatic rings. The summed E-state index contributed by atoms with van der Waals surface area (Å²) in [4.78, 5) is 21.3. The number of hydrogen-bond donors (Lipinski definition) is 1. The number of likely N-dealkylation sites (N-methyl/N-ethyl adjacent to an activating group) is 1. The molecule has 6 heteroatoms. The van der Waals surface area contributed by atoms with Crippen molar-refractivity contribution in [3.05, 3.63) is 18.2 Å². The molecule has 2 aliphatic carbocycles. The fraction of sp³-hybridized carbons (Fsp3) is 0.765. The molecular weight excluding hydrogens is 290 g/mol. The lowest BCUT2D eigenvalue weighted by Crippen LogP contribution is -2.53. The van der Waals surface area contributed by atoms with Crippen LogP contribution in [0.3, 0.4) is 0 Å². The standard InChI is InChI=1S/C17H27N5O/c1-20-9-10-22(11-14(20)15-18-7-8-21(15)2)16(23)19-12-17(5-6-17)13-3-4-13/h7-8,13-14H,3-6,9-12H2,1-2H3,(H,19,23)/t14-/m0/s1. The number of carbonyl (C=O) groups is 1. The fourth-order valence-corrected chi connectivity index (χ4v) is 3.98. The van der Waals surface area contributed by atoms with Gasteiger partial charge in [-0.05, 0) is 44.1 Å². The van der Waals surface area contributed by atoms with E-state index in [1.165, 1.54) is 25.7 Å². The maximum atomic E-state index is 12.6. The number of imidazole rings is 1. The van der Waals surface area contributed by atoms with Crippen molar-refractivity contribution in [3.63, 3.8) is 0 Å². The Morgan fingerprint density at radius 3 is 2.74 bits per heavy atom. The fourth-order valence-electron chi connectivity index (χ4n) is 3.98. The summed E-state index contributed by atoms with van der Waals surface area (Å²) < 4.78 is 2.05. The molecule has 126 valence electrons.